The Kier molecular flexibility index (Phi) is 4.49. The van der Waals surface area contributed by atoms with Gasteiger partial charge in [-0.1, -0.05) is 30.3 Å². The van der Waals surface area contributed by atoms with E-state index in [2.05, 4.69) is 0 Å². The second-order valence-electron chi connectivity index (χ2n) is 4.16. The maximum absolute atomic E-state index is 9.99. The summed E-state index contributed by atoms with van der Waals surface area (Å²) in [6, 6.07) is 13.8. The second-order valence-corrected chi connectivity index (χ2v) is 5.27. The summed E-state index contributed by atoms with van der Waals surface area (Å²) in [4.78, 5) is 1.86. The molecule has 18 heavy (non-hydrogen) atoms. The van der Waals surface area contributed by atoms with Crippen LogP contribution in [0.15, 0.2) is 42.5 Å². The molecule has 0 aliphatic carbocycles. The van der Waals surface area contributed by atoms with E-state index in [4.69, 9.17) is 5.73 Å². The Morgan fingerprint density at radius 2 is 1.78 bits per heavy atom. The number of nitrogens with two attached hydrogens (primary N) is 1. The molecule has 4 N–H and O–H groups in total. The highest BCUT2D eigenvalue weighted by Crippen LogP contribution is 2.32. The number of aliphatic hydroxyl groups is 2. The fourth-order valence-corrected chi connectivity index (χ4v) is 2.85. The Bertz CT molecular complexity index is 484. The van der Waals surface area contributed by atoms with Crippen LogP contribution in [0.5, 0.6) is 0 Å². The van der Waals surface area contributed by atoms with Gasteiger partial charge < -0.3 is 15.9 Å². The quantitative estimate of drug-likeness (QED) is 0.774. The van der Waals surface area contributed by atoms with Crippen LogP contribution in [0, 0.1) is 0 Å². The highest BCUT2D eigenvalue weighted by molar-refractivity contribution is 7.15. The highest BCUT2D eigenvalue weighted by Gasteiger charge is 2.19. The summed E-state index contributed by atoms with van der Waals surface area (Å²) in [5.74, 6) is 0. The lowest BCUT2D eigenvalue weighted by Crippen LogP contribution is -2.20. The van der Waals surface area contributed by atoms with Crippen LogP contribution in [0.1, 0.15) is 17.4 Å². The lowest BCUT2D eigenvalue weighted by molar-refractivity contribution is 0.0172. The van der Waals surface area contributed by atoms with Gasteiger partial charge in [-0.2, -0.15) is 0 Å². The molecule has 0 aliphatic heterocycles. The van der Waals surface area contributed by atoms with Crippen LogP contribution in [-0.4, -0.2) is 22.9 Å². The molecule has 0 aliphatic rings. The molecule has 96 valence electrons. The van der Waals surface area contributed by atoms with Gasteiger partial charge in [0.1, 0.15) is 6.10 Å². The van der Waals surface area contributed by atoms with Crippen molar-refractivity contribution in [3.8, 4) is 10.4 Å². The van der Waals surface area contributed by atoms with Crippen molar-refractivity contribution in [1.82, 2.24) is 0 Å². The number of benzene rings is 1. The first-order chi connectivity index (χ1) is 8.72. The monoisotopic (exact) mass is 263 g/mol. The highest BCUT2D eigenvalue weighted by atomic mass is 32.1. The average Bonchev–Trinajstić information content (AvgIpc) is 2.89. The van der Waals surface area contributed by atoms with Crippen LogP contribution in [0.3, 0.4) is 0 Å². The molecule has 0 saturated heterocycles. The third-order valence-corrected chi connectivity index (χ3v) is 4.01. The Balaban J connectivity index is 2.15. The molecule has 0 fully saturated rings. The van der Waals surface area contributed by atoms with Crippen LogP contribution in [0.25, 0.3) is 10.4 Å². The first-order valence-corrected chi connectivity index (χ1v) is 6.75. The van der Waals surface area contributed by atoms with E-state index in [1.54, 1.807) is 0 Å². The number of thiophene rings is 1. The largest absolute Gasteiger partial charge is 0.390 e. The summed E-state index contributed by atoms with van der Waals surface area (Å²) in [5.41, 5.74) is 6.49. The van der Waals surface area contributed by atoms with Crippen LogP contribution >= 0.6 is 11.3 Å². The van der Waals surface area contributed by atoms with Crippen molar-refractivity contribution in [2.45, 2.75) is 18.6 Å². The molecule has 2 rings (SSSR count). The standard InChI is InChI=1S/C14H17NO2S/c15-9-8-11(16)14(17)13-7-6-12(18-13)10-4-2-1-3-5-10/h1-7,11,14,16-17H,8-9,15H2. The Hall–Kier alpha value is -1.20. The van der Waals surface area contributed by atoms with Gasteiger partial charge in [-0.3, -0.25) is 0 Å². The molecule has 0 saturated carbocycles. The van der Waals surface area contributed by atoms with Crippen molar-refractivity contribution in [2.75, 3.05) is 6.54 Å². The maximum atomic E-state index is 9.99. The molecule has 1 heterocycles. The van der Waals surface area contributed by atoms with Gasteiger partial charge in [0, 0.05) is 9.75 Å². The lowest BCUT2D eigenvalue weighted by atomic mass is 10.1. The third kappa shape index (κ3) is 2.97. The number of rotatable bonds is 5. The van der Waals surface area contributed by atoms with E-state index in [-0.39, 0.29) is 0 Å². The van der Waals surface area contributed by atoms with Gasteiger partial charge in [-0.05, 0) is 30.7 Å². The van der Waals surface area contributed by atoms with Crippen LogP contribution in [0.2, 0.25) is 0 Å². The maximum Gasteiger partial charge on any atom is 0.114 e. The zero-order valence-corrected chi connectivity index (χ0v) is 10.8. The molecule has 0 amide bonds. The van der Waals surface area contributed by atoms with Crippen LogP contribution in [-0.2, 0) is 0 Å². The third-order valence-electron chi connectivity index (χ3n) is 2.80. The summed E-state index contributed by atoms with van der Waals surface area (Å²) in [7, 11) is 0. The SMILES string of the molecule is NCCC(O)C(O)c1ccc(-c2ccccc2)s1. The predicted octanol–water partition coefficient (Wildman–Crippen LogP) is 2.16. The zero-order chi connectivity index (χ0) is 13.0. The minimum absolute atomic E-state index is 0.370. The van der Waals surface area contributed by atoms with E-state index in [1.165, 1.54) is 11.3 Å². The summed E-state index contributed by atoms with van der Waals surface area (Å²) < 4.78 is 0. The average molecular weight is 263 g/mol. The molecule has 4 heteroatoms. The fraction of sp³-hybridized carbons (Fsp3) is 0.286. The van der Waals surface area contributed by atoms with Gasteiger partial charge in [0.15, 0.2) is 0 Å². The molecular formula is C14H17NO2S. The molecule has 0 radical (unpaired) electrons. The molecule has 2 atom stereocenters. The van der Waals surface area contributed by atoms with Gasteiger partial charge in [-0.25, -0.2) is 0 Å². The van der Waals surface area contributed by atoms with Crippen molar-refractivity contribution in [2.24, 2.45) is 5.73 Å². The summed E-state index contributed by atoms with van der Waals surface area (Å²) in [5, 5.41) is 19.7. The molecule has 2 unspecified atom stereocenters. The van der Waals surface area contributed by atoms with E-state index in [0.29, 0.717) is 13.0 Å². The molecular weight excluding hydrogens is 246 g/mol. The summed E-state index contributed by atoms with van der Waals surface area (Å²) >= 11 is 1.50. The zero-order valence-electron chi connectivity index (χ0n) is 9.99. The van der Waals surface area contributed by atoms with E-state index in [1.807, 2.05) is 42.5 Å². The van der Waals surface area contributed by atoms with Gasteiger partial charge in [0.25, 0.3) is 0 Å². The first kappa shape index (κ1) is 13.2. The topological polar surface area (TPSA) is 66.5 Å². The van der Waals surface area contributed by atoms with E-state index in [9.17, 15) is 10.2 Å². The van der Waals surface area contributed by atoms with Gasteiger partial charge in [0.05, 0.1) is 6.10 Å². The van der Waals surface area contributed by atoms with Crippen molar-refractivity contribution >= 4 is 11.3 Å². The van der Waals surface area contributed by atoms with Gasteiger partial charge in [-0.15, -0.1) is 11.3 Å². The molecule has 0 bridgehead atoms. The number of hydrogen-bond acceptors (Lipinski definition) is 4. The predicted molar refractivity (Wildman–Crippen MR) is 74.4 cm³/mol. The normalized spacial score (nSPS) is 14.4. The molecule has 2 aromatic rings. The summed E-state index contributed by atoms with van der Waals surface area (Å²) in [6.45, 7) is 0.370. The van der Waals surface area contributed by atoms with Crippen molar-refractivity contribution in [3.05, 3.63) is 47.3 Å². The van der Waals surface area contributed by atoms with Gasteiger partial charge in [0.2, 0.25) is 0 Å². The van der Waals surface area contributed by atoms with E-state index in [0.717, 1.165) is 15.3 Å². The van der Waals surface area contributed by atoms with E-state index >= 15 is 0 Å². The first-order valence-electron chi connectivity index (χ1n) is 5.93. The van der Waals surface area contributed by atoms with Crippen LogP contribution in [0.4, 0.5) is 0 Å². The van der Waals surface area contributed by atoms with Crippen molar-refractivity contribution in [1.29, 1.82) is 0 Å². The van der Waals surface area contributed by atoms with E-state index < -0.39 is 12.2 Å². The molecule has 0 spiro atoms. The van der Waals surface area contributed by atoms with Crippen molar-refractivity contribution in [3.63, 3.8) is 0 Å². The van der Waals surface area contributed by atoms with Crippen LogP contribution < -0.4 is 5.73 Å². The Morgan fingerprint density at radius 3 is 2.44 bits per heavy atom. The second kappa shape index (κ2) is 6.11. The lowest BCUT2D eigenvalue weighted by Gasteiger charge is -2.15. The Labute approximate surface area is 111 Å². The minimum atomic E-state index is -0.851. The van der Waals surface area contributed by atoms with Crippen molar-refractivity contribution < 1.29 is 10.2 Å². The Morgan fingerprint density at radius 1 is 1.06 bits per heavy atom. The molecule has 3 nitrogen and oxygen atoms in total. The number of aliphatic hydroxyl groups excluding tert-OH is 2. The fourth-order valence-electron chi connectivity index (χ4n) is 1.79. The summed E-state index contributed by atoms with van der Waals surface area (Å²) in [6.07, 6.45) is -1.24. The number of hydrogen-bond donors (Lipinski definition) is 3. The molecule has 1 aromatic heterocycles. The smallest absolute Gasteiger partial charge is 0.114 e. The minimum Gasteiger partial charge on any atom is -0.390 e. The van der Waals surface area contributed by atoms with Gasteiger partial charge >= 0.3 is 0 Å². The molecule has 1 aromatic carbocycles.